The number of unbranched alkanes of at least 4 members (excludes halogenated alkanes) is 2. The van der Waals surface area contributed by atoms with E-state index in [2.05, 4.69) is 93.6 Å². The molecule has 0 aliphatic heterocycles. The normalized spacial score (nSPS) is 12.7. The lowest BCUT2D eigenvalue weighted by Gasteiger charge is -2.43. The molecule has 3 aromatic rings. The molecule has 0 heterocycles. The van der Waals surface area contributed by atoms with Gasteiger partial charge in [-0.1, -0.05) is 125 Å². The molecule has 3 rings (SSSR count). The van der Waals surface area contributed by atoms with Crippen molar-refractivity contribution < 1.29 is 18.7 Å². The van der Waals surface area contributed by atoms with E-state index >= 15 is 0 Å². The summed E-state index contributed by atoms with van der Waals surface area (Å²) in [4.78, 5) is 12.4. The second-order valence-electron chi connectivity index (χ2n) is 11.3. The third-order valence-corrected chi connectivity index (χ3v) is 12.5. The molecule has 0 N–H and O–H groups in total. The highest BCUT2D eigenvalue weighted by Gasteiger charge is 2.49. The van der Waals surface area contributed by atoms with E-state index in [0.29, 0.717) is 19.8 Å². The summed E-state index contributed by atoms with van der Waals surface area (Å²) >= 11 is 0. The van der Waals surface area contributed by atoms with E-state index < -0.39 is 8.32 Å². The Labute approximate surface area is 236 Å². The van der Waals surface area contributed by atoms with Gasteiger partial charge in [0.05, 0.1) is 19.6 Å². The quantitative estimate of drug-likeness (QED) is 0.111. The molecule has 0 fully saturated rings. The van der Waals surface area contributed by atoms with Gasteiger partial charge in [0.1, 0.15) is 0 Å². The van der Waals surface area contributed by atoms with Crippen LogP contribution in [0.3, 0.4) is 0 Å². The Hall–Kier alpha value is -2.73. The standard InChI is InChI=1S/C34H46O4Si/c1-34(2,3)39(31-22-12-6-13-23-31,32-24-14-7-15-25-32)38-27-16-8-11-20-30(33(35)36-4)21-17-26-37-28-29-18-9-5-10-19-29/h5-7,9-10,12-15,18-19,22-25,30H,8,11,16-17,20-21,26-28H2,1-4H3. The van der Waals surface area contributed by atoms with E-state index in [0.717, 1.165) is 38.5 Å². The molecule has 0 amide bonds. The number of hydrogen-bond donors (Lipinski definition) is 0. The minimum atomic E-state index is -2.49. The van der Waals surface area contributed by atoms with Crippen molar-refractivity contribution in [1.29, 1.82) is 0 Å². The van der Waals surface area contributed by atoms with Crippen LogP contribution in [0.25, 0.3) is 0 Å². The number of rotatable bonds is 16. The van der Waals surface area contributed by atoms with Gasteiger partial charge >= 0.3 is 5.97 Å². The zero-order valence-electron chi connectivity index (χ0n) is 24.2. The summed E-state index contributed by atoms with van der Waals surface area (Å²) in [6, 6.07) is 31.7. The van der Waals surface area contributed by atoms with Crippen LogP contribution in [-0.2, 0) is 25.3 Å². The first kappa shape index (κ1) is 30.8. The van der Waals surface area contributed by atoms with E-state index in [9.17, 15) is 4.79 Å². The zero-order chi connectivity index (χ0) is 28.0. The van der Waals surface area contributed by atoms with E-state index in [-0.39, 0.29) is 16.9 Å². The molecule has 1 unspecified atom stereocenters. The summed E-state index contributed by atoms with van der Waals surface area (Å²) in [5.41, 5.74) is 1.17. The Morgan fingerprint density at radius 3 is 1.79 bits per heavy atom. The topological polar surface area (TPSA) is 44.8 Å². The van der Waals surface area contributed by atoms with E-state index in [1.807, 2.05) is 18.2 Å². The highest BCUT2D eigenvalue weighted by molar-refractivity contribution is 6.99. The fourth-order valence-electron chi connectivity index (χ4n) is 5.40. The molecular formula is C34H46O4Si. The molecule has 39 heavy (non-hydrogen) atoms. The molecule has 0 radical (unpaired) electrons. The molecular weight excluding hydrogens is 500 g/mol. The van der Waals surface area contributed by atoms with Crippen LogP contribution in [0.2, 0.25) is 5.04 Å². The van der Waals surface area contributed by atoms with Gasteiger partial charge in [-0.05, 0) is 46.7 Å². The summed E-state index contributed by atoms with van der Waals surface area (Å²) in [6.45, 7) is 8.89. The fraction of sp³-hybridized carbons (Fsp3) is 0.441. The smallest absolute Gasteiger partial charge is 0.308 e. The van der Waals surface area contributed by atoms with Gasteiger partial charge in [0.2, 0.25) is 0 Å². The fourth-order valence-corrected chi connectivity index (χ4v) is 10.0. The lowest BCUT2D eigenvalue weighted by molar-refractivity contribution is -0.146. The first-order valence-electron chi connectivity index (χ1n) is 14.3. The van der Waals surface area contributed by atoms with Crippen LogP contribution in [0.1, 0.15) is 64.9 Å². The maximum atomic E-state index is 12.4. The van der Waals surface area contributed by atoms with Crippen LogP contribution in [0.15, 0.2) is 91.0 Å². The van der Waals surface area contributed by atoms with Crippen LogP contribution in [-0.4, -0.2) is 34.6 Å². The number of carbonyl (C=O) groups excluding carboxylic acids is 1. The first-order chi connectivity index (χ1) is 18.9. The lowest BCUT2D eigenvalue weighted by Crippen LogP contribution is -2.66. The highest BCUT2D eigenvalue weighted by Crippen LogP contribution is 2.36. The van der Waals surface area contributed by atoms with Gasteiger partial charge in [0, 0.05) is 13.2 Å². The number of ether oxygens (including phenoxy) is 2. The average Bonchev–Trinajstić information content (AvgIpc) is 2.96. The summed E-state index contributed by atoms with van der Waals surface area (Å²) < 4.78 is 17.9. The van der Waals surface area contributed by atoms with Crippen molar-refractivity contribution >= 4 is 24.7 Å². The second kappa shape index (κ2) is 15.8. The SMILES string of the molecule is COC(=O)C(CCCCCO[Si](c1ccccc1)(c1ccccc1)C(C)(C)C)CCCOCc1ccccc1. The van der Waals surface area contributed by atoms with Crippen LogP contribution in [0, 0.1) is 5.92 Å². The lowest BCUT2D eigenvalue weighted by atomic mass is 9.96. The molecule has 0 saturated carbocycles. The molecule has 0 spiro atoms. The summed E-state index contributed by atoms with van der Waals surface area (Å²) in [6.07, 6.45) is 5.46. The zero-order valence-corrected chi connectivity index (χ0v) is 25.2. The third kappa shape index (κ3) is 8.89. The van der Waals surface area contributed by atoms with Gasteiger partial charge in [-0.3, -0.25) is 4.79 Å². The summed E-state index contributed by atoms with van der Waals surface area (Å²) in [5.74, 6) is -0.186. The van der Waals surface area contributed by atoms with Crippen LogP contribution >= 0.6 is 0 Å². The van der Waals surface area contributed by atoms with Crippen LogP contribution in [0.5, 0.6) is 0 Å². The minimum Gasteiger partial charge on any atom is -0.469 e. The monoisotopic (exact) mass is 546 g/mol. The van der Waals surface area contributed by atoms with Gasteiger partial charge in [-0.25, -0.2) is 0 Å². The Morgan fingerprint density at radius 2 is 1.26 bits per heavy atom. The first-order valence-corrected chi connectivity index (χ1v) is 16.2. The van der Waals surface area contributed by atoms with Crippen molar-refractivity contribution in [2.75, 3.05) is 20.3 Å². The van der Waals surface area contributed by atoms with Gasteiger partial charge in [0.25, 0.3) is 8.32 Å². The summed E-state index contributed by atoms with van der Waals surface area (Å²) in [7, 11) is -1.01. The van der Waals surface area contributed by atoms with E-state index in [4.69, 9.17) is 13.9 Å². The largest absolute Gasteiger partial charge is 0.469 e. The highest BCUT2D eigenvalue weighted by atomic mass is 28.4. The maximum absolute atomic E-state index is 12.4. The third-order valence-electron chi connectivity index (χ3n) is 7.42. The molecule has 0 aliphatic carbocycles. The molecule has 4 nitrogen and oxygen atoms in total. The van der Waals surface area contributed by atoms with Gasteiger partial charge in [0.15, 0.2) is 0 Å². The number of benzene rings is 3. The molecule has 0 aliphatic rings. The molecule has 5 heteroatoms. The molecule has 1 atom stereocenters. The Kier molecular flexibility index (Phi) is 12.4. The predicted molar refractivity (Wildman–Crippen MR) is 163 cm³/mol. The Morgan fingerprint density at radius 1 is 0.718 bits per heavy atom. The number of methoxy groups -OCH3 is 1. The minimum absolute atomic E-state index is 0.0196. The summed E-state index contributed by atoms with van der Waals surface area (Å²) in [5, 5.41) is 2.60. The number of hydrogen-bond acceptors (Lipinski definition) is 4. The van der Waals surface area contributed by atoms with Crippen molar-refractivity contribution in [2.45, 2.75) is 70.9 Å². The Balaban J connectivity index is 1.50. The van der Waals surface area contributed by atoms with Crippen molar-refractivity contribution in [3.8, 4) is 0 Å². The molecule has 0 aromatic heterocycles. The van der Waals surface area contributed by atoms with Crippen molar-refractivity contribution in [2.24, 2.45) is 5.92 Å². The Bertz CT molecular complexity index is 1040. The van der Waals surface area contributed by atoms with Crippen LogP contribution in [0.4, 0.5) is 0 Å². The number of carbonyl (C=O) groups is 1. The predicted octanol–water partition coefficient (Wildman–Crippen LogP) is 6.91. The van der Waals surface area contributed by atoms with E-state index in [1.54, 1.807) is 0 Å². The second-order valence-corrected chi connectivity index (χ2v) is 15.6. The average molecular weight is 547 g/mol. The van der Waals surface area contributed by atoms with Gasteiger partial charge < -0.3 is 13.9 Å². The number of esters is 1. The molecule has 210 valence electrons. The molecule has 0 bridgehead atoms. The van der Waals surface area contributed by atoms with Crippen LogP contribution < -0.4 is 10.4 Å². The van der Waals surface area contributed by atoms with Crippen molar-refractivity contribution in [3.63, 3.8) is 0 Å². The van der Waals surface area contributed by atoms with Crippen molar-refractivity contribution in [3.05, 3.63) is 96.6 Å². The van der Waals surface area contributed by atoms with E-state index in [1.165, 1.54) is 23.0 Å². The maximum Gasteiger partial charge on any atom is 0.308 e. The van der Waals surface area contributed by atoms with Gasteiger partial charge in [-0.15, -0.1) is 0 Å². The van der Waals surface area contributed by atoms with Gasteiger partial charge in [-0.2, -0.15) is 0 Å². The molecule has 0 saturated heterocycles. The molecule has 3 aromatic carbocycles. The van der Waals surface area contributed by atoms with Crippen molar-refractivity contribution in [1.82, 2.24) is 0 Å².